The van der Waals surface area contributed by atoms with E-state index in [0.29, 0.717) is 36.9 Å². The van der Waals surface area contributed by atoms with E-state index in [1.54, 1.807) is 25.4 Å². The van der Waals surface area contributed by atoms with E-state index in [4.69, 9.17) is 19.9 Å². The maximum atomic E-state index is 12.1. The number of pyridine rings is 1. The van der Waals surface area contributed by atoms with Crippen molar-refractivity contribution in [1.82, 2.24) is 10.3 Å². The normalized spacial score (nSPS) is 17.8. The van der Waals surface area contributed by atoms with E-state index in [9.17, 15) is 4.79 Å². The molecular weight excluding hydrogens is 405 g/mol. The van der Waals surface area contributed by atoms with E-state index in [-0.39, 0.29) is 36.8 Å². The molecular formula is C19H25Cl2N3O4. The zero-order valence-electron chi connectivity index (χ0n) is 15.5. The van der Waals surface area contributed by atoms with Gasteiger partial charge in [-0.25, -0.2) is 4.98 Å². The van der Waals surface area contributed by atoms with Crippen LogP contribution in [0, 0.1) is 0 Å². The van der Waals surface area contributed by atoms with Crippen LogP contribution < -0.4 is 20.5 Å². The van der Waals surface area contributed by atoms with Gasteiger partial charge in [-0.2, -0.15) is 0 Å². The first-order valence-corrected chi connectivity index (χ1v) is 8.58. The lowest BCUT2D eigenvalue weighted by Gasteiger charge is -2.13. The number of hydrogen-bond acceptors (Lipinski definition) is 6. The van der Waals surface area contributed by atoms with E-state index in [0.717, 1.165) is 12.0 Å². The Hall–Kier alpha value is -2.06. The zero-order valence-corrected chi connectivity index (χ0v) is 17.1. The summed E-state index contributed by atoms with van der Waals surface area (Å²) >= 11 is 0. The Bertz CT molecular complexity index is 746. The molecule has 3 rings (SSSR count). The molecule has 0 radical (unpaired) electrons. The lowest BCUT2D eigenvalue weighted by atomic mass is 10.2. The molecule has 0 bridgehead atoms. The summed E-state index contributed by atoms with van der Waals surface area (Å²) < 4.78 is 16.4. The van der Waals surface area contributed by atoms with Gasteiger partial charge in [0.2, 0.25) is 11.8 Å². The van der Waals surface area contributed by atoms with E-state index < -0.39 is 6.10 Å². The SMILES string of the molecule is COc1cccc(Oc2ccc(CNC(=O)[C@@H]3CC[C@H](CN)O3)cn2)c1.Cl.Cl. The second kappa shape index (κ2) is 11.7. The molecule has 1 aromatic heterocycles. The number of nitrogens with two attached hydrogens (primary N) is 1. The molecule has 1 fully saturated rings. The summed E-state index contributed by atoms with van der Waals surface area (Å²) in [4.78, 5) is 16.4. The molecule has 0 saturated carbocycles. The Morgan fingerprint density at radius 2 is 2.04 bits per heavy atom. The van der Waals surface area contributed by atoms with Crippen LogP contribution in [0.15, 0.2) is 42.6 Å². The van der Waals surface area contributed by atoms with Gasteiger partial charge in [0.1, 0.15) is 17.6 Å². The maximum Gasteiger partial charge on any atom is 0.249 e. The number of nitrogens with zero attached hydrogens (tertiary/aromatic N) is 1. The number of carbonyl (C=O) groups excluding carboxylic acids is 1. The fraction of sp³-hybridized carbons (Fsp3) is 0.368. The van der Waals surface area contributed by atoms with Gasteiger partial charge in [-0.1, -0.05) is 12.1 Å². The monoisotopic (exact) mass is 429 g/mol. The molecule has 0 spiro atoms. The van der Waals surface area contributed by atoms with Crippen molar-refractivity contribution in [2.75, 3.05) is 13.7 Å². The van der Waals surface area contributed by atoms with Crippen LogP contribution in [-0.4, -0.2) is 36.8 Å². The minimum atomic E-state index is -0.410. The Morgan fingerprint density at radius 3 is 2.68 bits per heavy atom. The summed E-state index contributed by atoms with van der Waals surface area (Å²) in [5, 5.41) is 2.87. The Labute approximate surface area is 176 Å². The van der Waals surface area contributed by atoms with E-state index in [2.05, 4.69) is 10.3 Å². The average Bonchev–Trinajstić information content (AvgIpc) is 3.17. The summed E-state index contributed by atoms with van der Waals surface area (Å²) in [5.41, 5.74) is 6.44. The van der Waals surface area contributed by atoms with Gasteiger partial charge < -0.3 is 25.3 Å². The molecule has 9 heteroatoms. The highest BCUT2D eigenvalue weighted by molar-refractivity contribution is 5.85. The number of methoxy groups -OCH3 is 1. The van der Waals surface area contributed by atoms with Gasteiger partial charge in [0, 0.05) is 31.4 Å². The molecule has 3 N–H and O–H groups in total. The fourth-order valence-corrected chi connectivity index (χ4v) is 2.74. The molecule has 1 aliphatic heterocycles. The number of rotatable bonds is 7. The predicted octanol–water partition coefficient (Wildman–Crippen LogP) is 2.85. The van der Waals surface area contributed by atoms with Gasteiger partial charge in [-0.05, 0) is 30.5 Å². The Kier molecular flexibility index (Phi) is 10.0. The Morgan fingerprint density at radius 1 is 1.25 bits per heavy atom. The molecule has 1 aliphatic rings. The number of benzene rings is 1. The summed E-state index contributed by atoms with van der Waals surface area (Å²) in [7, 11) is 1.60. The number of nitrogens with one attached hydrogen (secondary N) is 1. The molecule has 0 aliphatic carbocycles. The number of amides is 1. The fourth-order valence-electron chi connectivity index (χ4n) is 2.74. The third kappa shape index (κ3) is 6.53. The van der Waals surface area contributed by atoms with Gasteiger partial charge >= 0.3 is 0 Å². The number of halogens is 2. The first-order chi connectivity index (χ1) is 12.7. The second-order valence-electron chi connectivity index (χ2n) is 6.06. The average molecular weight is 430 g/mol. The van der Waals surface area contributed by atoms with Crippen LogP contribution in [0.2, 0.25) is 0 Å². The van der Waals surface area contributed by atoms with Crippen molar-refractivity contribution in [2.24, 2.45) is 5.73 Å². The molecule has 1 amide bonds. The molecule has 1 saturated heterocycles. The molecule has 1 aromatic carbocycles. The van der Waals surface area contributed by atoms with E-state index >= 15 is 0 Å². The first kappa shape index (κ1) is 24.0. The largest absolute Gasteiger partial charge is 0.497 e. The summed E-state index contributed by atoms with van der Waals surface area (Å²) in [6.07, 6.45) is 2.78. The molecule has 7 nitrogen and oxygen atoms in total. The van der Waals surface area contributed by atoms with Crippen LogP contribution in [0.1, 0.15) is 18.4 Å². The number of aromatic nitrogens is 1. The van der Waals surface area contributed by atoms with Crippen molar-refractivity contribution in [3.63, 3.8) is 0 Å². The topological polar surface area (TPSA) is 95.7 Å². The van der Waals surface area contributed by atoms with Crippen LogP contribution >= 0.6 is 24.8 Å². The summed E-state index contributed by atoms with van der Waals surface area (Å²) in [5.74, 6) is 1.72. The van der Waals surface area contributed by atoms with Crippen LogP contribution in [0.5, 0.6) is 17.4 Å². The van der Waals surface area contributed by atoms with Gasteiger partial charge in [0.25, 0.3) is 0 Å². The third-order valence-electron chi connectivity index (χ3n) is 4.19. The summed E-state index contributed by atoms with van der Waals surface area (Å²) in [6.45, 7) is 0.834. The standard InChI is InChI=1S/C19H23N3O4.2ClH/c1-24-14-3-2-4-15(9-14)26-18-8-5-13(11-21-18)12-22-19(23)17-7-6-16(10-20)25-17;;/h2-5,8-9,11,16-17H,6-7,10,12,20H2,1H3,(H,22,23);2*1H/t16-,17+;;/m1../s1. The summed E-state index contributed by atoms with van der Waals surface area (Å²) in [6, 6.07) is 10.9. The minimum absolute atomic E-state index is 0. The molecule has 2 atom stereocenters. The van der Waals surface area contributed by atoms with E-state index in [1.807, 2.05) is 24.3 Å². The lowest BCUT2D eigenvalue weighted by molar-refractivity contribution is -0.132. The quantitative estimate of drug-likeness (QED) is 0.702. The molecule has 2 heterocycles. The smallest absolute Gasteiger partial charge is 0.249 e. The van der Waals surface area contributed by atoms with Crippen LogP contribution in [0.3, 0.4) is 0 Å². The number of hydrogen-bond donors (Lipinski definition) is 2. The highest BCUT2D eigenvalue weighted by Gasteiger charge is 2.29. The number of ether oxygens (including phenoxy) is 3. The van der Waals surface area contributed by atoms with Crippen LogP contribution in [0.4, 0.5) is 0 Å². The molecule has 28 heavy (non-hydrogen) atoms. The van der Waals surface area contributed by atoms with Crippen molar-refractivity contribution in [1.29, 1.82) is 0 Å². The number of carbonyl (C=O) groups is 1. The lowest BCUT2D eigenvalue weighted by Crippen LogP contribution is -2.35. The van der Waals surface area contributed by atoms with Crippen molar-refractivity contribution >= 4 is 30.7 Å². The Balaban J connectivity index is 0.00000196. The van der Waals surface area contributed by atoms with Crippen LogP contribution in [-0.2, 0) is 16.1 Å². The van der Waals surface area contributed by atoms with Gasteiger partial charge in [-0.15, -0.1) is 24.8 Å². The van der Waals surface area contributed by atoms with Crippen LogP contribution in [0.25, 0.3) is 0 Å². The van der Waals surface area contributed by atoms with Crippen molar-refractivity contribution in [3.05, 3.63) is 48.2 Å². The first-order valence-electron chi connectivity index (χ1n) is 8.58. The highest BCUT2D eigenvalue weighted by Crippen LogP contribution is 2.24. The third-order valence-corrected chi connectivity index (χ3v) is 4.19. The molecule has 2 aromatic rings. The van der Waals surface area contributed by atoms with Gasteiger partial charge in [0.15, 0.2) is 0 Å². The van der Waals surface area contributed by atoms with Crippen molar-refractivity contribution in [2.45, 2.75) is 31.6 Å². The zero-order chi connectivity index (χ0) is 18.4. The highest BCUT2D eigenvalue weighted by atomic mass is 35.5. The second-order valence-corrected chi connectivity index (χ2v) is 6.06. The van der Waals surface area contributed by atoms with E-state index in [1.165, 1.54) is 0 Å². The van der Waals surface area contributed by atoms with Gasteiger partial charge in [-0.3, -0.25) is 4.79 Å². The maximum absolute atomic E-state index is 12.1. The minimum Gasteiger partial charge on any atom is -0.497 e. The van der Waals surface area contributed by atoms with Crippen molar-refractivity contribution < 1.29 is 19.0 Å². The predicted molar refractivity (Wildman–Crippen MR) is 111 cm³/mol. The van der Waals surface area contributed by atoms with Gasteiger partial charge in [0.05, 0.1) is 13.2 Å². The molecule has 0 unspecified atom stereocenters. The van der Waals surface area contributed by atoms with Crippen molar-refractivity contribution in [3.8, 4) is 17.4 Å². The molecule has 154 valence electrons.